The molecule has 0 rings (SSSR count). The van der Waals surface area contributed by atoms with Crippen LogP contribution in [0.25, 0.3) is 0 Å². The quantitative estimate of drug-likeness (QED) is 0.0363. The van der Waals surface area contributed by atoms with Crippen LogP contribution in [0, 0.1) is 0 Å². The van der Waals surface area contributed by atoms with Crippen LogP contribution in [-0.4, -0.2) is 50.1 Å². The molecule has 0 amide bonds. The van der Waals surface area contributed by atoms with Gasteiger partial charge >= 0.3 is 0 Å². The Labute approximate surface area is 303 Å². The van der Waals surface area contributed by atoms with Crippen LogP contribution in [0.4, 0.5) is 0 Å². The van der Waals surface area contributed by atoms with E-state index in [1.807, 2.05) is 0 Å². The Morgan fingerprint density at radius 3 is 0.979 bits per heavy atom. The lowest BCUT2D eigenvalue weighted by molar-refractivity contribution is -0.870. The van der Waals surface area contributed by atoms with Crippen molar-refractivity contribution < 1.29 is 18.6 Å². The van der Waals surface area contributed by atoms with E-state index in [1.54, 1.807) is 0 Å². The molecule has 1 unspecified atom stereocenters. The van der Waals surface area contributed by atoms with Gasteiger partial charge in [0.05, 0.1) is 30.0 Å². The van der Waals surface area contributed by atoms with Crippen molar-refractivity contribution in [2.45, 2.75) is 232 Å². The zero-order valence-electron chi connectivity index (χ0n) is 33.3. The van der Waals surface area contributed by atoms with Gasteiger partial charge in [-0.25, -0.2) is 0 Å². The zero-order valence-corrected chi connectivity index (χ0v) is 34.3. The van der Waals surface area contributed by atoms with Gasteiger partial charge in [0.15, 0.2) is 5.52 Å². The summed E-state index contributed by atoms with van der Waals surface area (Å²) in [5.74, 6) is 0.515. The molecule has 5 heteroatoms. The van der Waals surface area contributed by atoms with E-state index in [0.717, 1.165) is 43.1 Å². The van der Waals surface area contributed by atoms with E-state index < -0.39 is 0 Å². The molecule has 0 aromatic rings. The number of nitrogens with zero attached hydrogens (tertiary/aromatic N) is 1. The van der Waals surface area contributed by atoms with E-state index in [2.05, 4.69) is 28.1 Å². The molecule has 0 radical (unpaired) electrons. The average molecular weight is 697 g/mol. The van der Waals surface area contributed by atoms with Gasteiger partial charge in [0.1, 0.15) is 18.9 Å². The van der Waals surface area contributed by atoms with E-state index in [9.17, 15) is 9.59 Å². The first-order chi connectivity index (χ1) is 23.3. The third kappa shape index (κ3) is 41.9. The van der Waals surface area contributed by atoms with Crippen LogP contribution in [0.2, 0.25) is 0 Å². The maximum absolute atomic E-state index is 12.2. The summed E-state index contributed by atoms with van der Waals surface area (Å²) in [6.45, 7) is 3.92. The molecule has 4 nitrogen and oxygen atoms in total. The second-order valence-corrected chi connectivity index (χ2v) is 17.2. The SMILES string of the molecule is CCCCCCCCCCCCCCCCCC(=O)CCCCCCCCCCCCCCCCCCCC(=O)POCC[N+](C)(C)C. The van der Waals surface area contributed by atoms with Gasteiger partial charge in [-0.05, 0) is 19.3 Å². The van der Waals surface area contributed by atoms with Crippen molar-refractivity contribution in [3.8, 4) is 0 Å². The van der Waals surface area contributed by atoms with Crippen molar-refractivity contribution in [1.29, 1.82) is 0 Å². The van der Waals surface area contributed by atoms with Crippen LogP contribution in [0.1, 0.15) is 232 Å². The second-order valence-electron chi connectivity index (χ2n) is 16.1. The fourth-order valence-electron chi connectivity index (χ4n) is 6.58. The summed E-state index contributed by atoms with van der Waals surface area (Å²) >= 11 is 0. The van der Waals surface area contributed by atoms with Crippen molar-refractivity contribution in [1.82, 2.24) is 0 Å². The number of carbonyl (C=O) groups is 2. The zero-order chi connectivity index (χ0) is 35.2. The molecule has 0 heterocycles. The van der Waals surface area contributed by atoms with Crippen LogP contribution in [0.15, 0.2) is 0 Å². The largest absolute Gasteiger partial charge is 0.349 e. The summed E-state index contributed by atoms with van der Waals surface area (Å²) in [6, 6.07) is 0. The molecule has 0 aromatic heterocycles. The van der Waals surface area contributed by atoms with E-state index in [-0.39, 0.29) is 8.81 Å². The maximum atomic E-state index is 12.2. The Balaban J connectivity index is 3.20. The Morgan fingerprint density at radius 1 is 0.417 bits per heavy atom. The number of rotatable bonds is 41. The normalized spacial score (nSPS) is 12.1. The van der Waals surface area contributed by atoms with Crippen molar-refractivity contribution >= 4 is 20.1 Å². The number of hydrogen-bond acceptors (Lipinski definition) is 3. The van der Waals surface area contributed by atoms with Crippen LogP contribution < -0.4 is 0 Å². The summed E-state index contributed by atoms with van der Waals surface area (Å²) in [6.07, 6.45) is 45.4. The van der Waals surface area contributed by atoms with Gasteiger partial charge in [-0.15, -0.1) is 0 Å². The summed E-state index contributed by atoms with van der Waals surface area (Å²) in [7, 11) is 6.48. The van der Waals surface area contributed by atoms with Gasteiger partial charge in [-0.2, -0.15) is 0 Å². The van der Waals surface area contributed by atoms with E-state index in [0.29, 0.717) is 24.3 Å². The number of quaternary nitrogens is 1. The number of ketones is 1. The third-order valence-electron chi connectivity index (χ3n) is 9.97. The standard InChI is InChI=1S/C43H87NO3P/c1-5-6-7-8-9-10-11-12-16-19-22-25-28-31-34-37-42(45)38-35-32-29-26-23-20-17-14-13-15-18-21-24-27-30-33-36-39-43(46)48-47-41-40-44(2,3)4/h48H,5-41H2,1-4H3/q+1. The van der Waals surface area contributed by atoms with E-state index in [4.69, 9.17) is 4.52 Å². The third-order valence-corrected chi connectivity index (χ3v) is 10.8. The minimum absolute atomic E-state index is 0.0412. The van der Waals surface area contributed by atoms with Crippen LogP contribution in [0.5, 0.6) is 0 Å². The molecule has 0 saturated heterocycles. The molecule has 286 valence electrons. The first kappa shape index (κ1) is 47.7. The minimum Gasteiger partial charge on any atom is -0.349 e. The van der Waals surface area contributed by atoms with Crippen molar-refractivity contribution in [3.63, 3.8) is 0 Å². The smallest absolute Gasteiger partial charge is 0.178 e. The highest BCUT2D eigenvalue weighted by Crippen LogP contribution is 2.20. The maximum Gasteiger partial charge on any atom is 0.178 e. The highest BCUT2D eigenvalue weighted by Gasteiger charge is 2.08. The average Bonchev–Trinajstić information content (AvgIpc) is 3.05. The molecule has 0 bridgehead atoms. The first-order valence-corrected chi connectivity index (χ1v) is 22.5. The van der Waals surface area contributed by atoms with Crippen molar-refractivity contribution in [3.05, 3.63) is 0 Å². The van der Waals surface area contributed by atoms with Gasteiger partial charge < -0.3 is 9.01 Å². The van der Waals surface area contributed by atoms with Crippen LogP contribution >= 0.6 is 8.81 Å². The molecule has 0 aliphatic carbocycles. The Kier molecular flexibility index (Phi) is 37.7. The molecule has 48 heavy (non-hydrogen) atoms. The molecule has 0 aromatic carbocycles. The molecule has 0 aliphatic rings. The van der Waals surface area contributed by atoms with Crippen LogP contribution in [0.3, 0.4) is 0 Å². The molecule has 0 saturated carbocycles. The van der Waals surface area contributed by atoms with Gasteiger partial charge in [-0.3, -0.25) is 9.59 Å². The lowest BCUT2D eigenvalue weighted by atomic mass is 10.0. The topological polar surface area (TPSA) is 43.4 Å². The van der Waals surface area contributed by atoms with Crippen LogP contribution in [-0.2, 0) is 14.1 Å². The Hall–Kier alpha value is -0.310. The predicted octanol–water partition coefficient (Wildman–Crippen LogP) is 14.1. The highest BCUT2D eigenvalue weighted by atomic mass is 31.1. The number of hydrogen-bond donors (Lipinski definition) is 0. The number of unbranched alkanes of at least 4 members (excludes halogenated alkanes) is 30. The van der Waals surface area contributed by atoms with Gasteiger partial charge in [0.2, 0.25) is 0 Å². The lowest BCUT2D eigenvalue weighted by Crippen LogP contribution is -2.37. The molecule has 0 spiro atoms. The van der Waals surface area contributed by atoms with Gasteiger partial charge in [-0.1, -0.05) is 193 Å². The lowest BCUT2D eigenvalue weighted by Gasteiger charge is -2.23. The summed E-state index contributed by atoms with van der Waals surface area (Å²) in [5, 5.41) is 0. The fraction of sp³-hybridized carbons (Fsp3) is 0.953. The highest BCUT2D eigenvalue weighted by molar-refractivity contribution is 7.53. The van der Waals surface area contributed by atoms with E-state index >= 15 is 0 Å². The Bertz CT molecular complexity index is 677. The van der Waals surface area contributed by atoms with E-state index in [1.165, 1.54) is 186 Å². The molecular formula is C43H87NO3P+. The number of carbonyl (C=O) groups excluding carboxylic acids is 2. The summed E-state index contributed by atoms with van der Waals surface area (Å²) < 4.78 is 6.43. The minimum atomic E-state index is 0.0412. The molecule has 0 aliphatic heterocycles. The van der Waals surface area contributed by atoms with Gasteiger partial charge in [0.25, 0.3) is 0 Å². The monoisotopic (exact) mass is 697 g/mol. The predicted molar refractivity (Wildman–Crippen MR) is 214 cm³/mol. The molecule has 0 N–H and O–H groups in total. The first-order valence-electron chi connectivity index (χ1n) is 21.6. The molecule has 1 atom stereocenters. The van der Waals surface area contributed by atoms with Gasteiger partial charge in [0, 0.05) is 19.3 Å². The van der Waals surface area contributed by atoms with Crippen molar-refractivity contribution in [2.75, 3.05) is 34.3 Å². The second kappa shape index (κ2) is 37.9. The molecule has 0 fully saturated rings. The fourth-order valence-corrected chi connectivity index (χ4v) is 7.21. The number of likely N-dealkylation sites (N-methyl/N-ethyl adjacent to an activating group) is 1. The Morgan fingerprint density at radius 2 is 0.688 bits per heavy atom. The van der Waals surface area contributed by atoms with Crippen molar-refractivity contribution in [2.24, 2.45) is 0 Å². The molecular weight excluding hydrogens is 609 g/mol. The summed E-state index contributed by atoms with van der Waals surface area (Å²) in [4.78, 5) is 24.1. The number of Topliss-reactive ketones (excluding diaryl/α,β-unsaturated/α-hetero) is 1. The summed E-state index contributed by atoms with van der Waals surface area (Å²) in [5.41, 5.74) is 0.292.